The Labute approximate surface area is 153 Å². The molecular formula is C17H23ClN2O4S. The largest absolute Gasteiger partial charge is 0.337 e. The molecule has 6 nitrogen and oxygen atoms in total. The first-order chi connectivity index (χ1) is 11.6. The summed E-state index contributed by atoms with van der Waals surface area (Å²) in [5.41, 5.74) is 1.42. The molecule has 1 fully saturated rings. The zero-order valence-electron chi connectivity index (χ0n) is 14.7. The maximum Gasteiger partial charge on any atom is 0.242 e. The summed E-state index contributed by atoms with van der Waals surface area (Å²) in [6.45, 7) is 5.31. The van der Waals surface area contributed by atoms with Crippen LogP contribution in [0.4, 0.5) is 5.69 Å². The second kappa shape index (κ2) is 7.74. The molecule has 138 valence electrons. The summed E-state index contributed by atoms with van der Waals surface area (Å²) in [6.07, 6.45) is 0.443. The molecular weight excluding hydrogens is 364 g/mol. The van der Waals surface area contributed by atoms with E-state index in [1.807, 2.05) is 13.8 Å². The molecule has 0 aliphatic carbocycles. The summed E-state index contributed by atoms with van der Waals surface area (Å²) in [6, 6.07) is 4.85. The molecule has 0 spiro atoms. The molecule has 1 aromatic carbocycles. The van der Waals surface area contributed by atoms with E-state index in [1.165, 1.54) is 11.8 Å². The van der Waals surface area contributed by atoms with Gasteiger partial charge in [0.1, 0.15) is 6.54 Å². The third kappa shape index (κ3) is 4.73. The molecule has 1 atom stereocenters. The molecule has 0 bridgehead atoms. The third-order valence-corrected chi connectivity index (χ3v) is 6.43. The van der Waals surface area contributed by atoms with Gasteiger partial charge >= 0.3 is 0 Å². The van der Waals surface area contributed by atoms with E-state index < -0.39 is 9.84 Å². The van der Waals surface area contributed by atoms with Crippen molar-refractivity contribution in [2.75, 3.05) is 29.5 Å². The van der Waals surface area contributed by atoms with Gasteiger partial charge in [0.25, 0.3) is 0 Å². The van der Waals surface area contributed by atoms with Gasteiger partial charge in [0.15, 0.2) is 9.84 Å². The van der Waals surface area contributed by atoms with Gasteiger partial charge in [0, 0.05) is 30.2 Å². The fourth-order valence-corrected chi connectivity index (χ4v) is 5.02. The molecule has 1 aliphatic heterocycles. The van der Waals surface area contributed by atoms with Gasteiger partial charge in [0.05, 0.1) is 11.5 Å². The Morgan fingerprint density at radius 2 is 2.00 bits per heavy atom. The Balaban J connectivity index is 2.22. The van der Waals surface area contributed by atoms with Crippen LogP contribution < -0.4 is 4.90 Å². The number of amides is 2. The Morgan fingerprint density at radius 3 is 2.52 bits per heavy atom. The molecule has 1 aromatic rings. The Morgan fingerprint density at radius 1 is 1.32 bits per heavy atom. The van der Waals surface area contributed by atoms with Crippen molar-refractivity contribution in [3.8, 4) is 0 Å². The van der Waals surface area contributed by atoms with E-state index in [0.717, 1.165) is 5.56 Å². The van der Waals surface area contributed by atoms with Gasteiger partial charge in [-0.1, -0.05) is 17.7 Å². The minimum atomic E-state index is -3.09. The first-order valence-corrected chi connectivity index (χ1v) is 10.4. The third-order valence-electron chi connectivity index (χ3n) is 4.45. The number of anilines is 1. The average molecular weight is 387 g/mol. The lowest BCUT2D eigenvalue weighted by atomic mass is 10.1. The van der Waals surface area contributed by atoms with Crippen molar-refractivity contribution < 1.29 is 18.0 Å². The monoisotopic (exact) mass is 386 g/mol. The molecule has 0 N–H and O–H groups in total. The highest BCUT2D eigenvalue weighted by atomic mass is 35.5. The molecule has 0 aromatic heterocycles. The highest BCUT2D eigenvalue weighted by Crippen LogP contribution is 2.25. The predicted octanol–water partition coefficient (Wildman–Crippen LogP) is 2.04. The average Bonchev–Trinajstić information content (AvgIpc) is 2.88. The number of sulfone groups is 1. The minimum absolute atomic E-state index is 0.0111. The summed E-state index contributed by atoms with van der Waals surface area (Å²) < 4.78 is 23.4. The van der Waals surface area contributed by atoms with Crippen molar-refractivity contribution in [3.05, 3.63) is 28.8 Å². The summed E-state index contributed by atoms with van der Waals surface area (Å²) in [5.74, 6) is -0.443. The van der Waals surface area contributed by atoms with Crippen LogP contribution in [-0.4, -0.2) is 55.8 Å². The van der Waals surface area contributed by atoms with Gasteiger partial charge in [-0.05, 0) is 38.0 Å². The van der Waals surface area contributed by atoms with E-state index in [2.05, 4.69) is 0 Å². The second-order valence-corrected chi connectivity index (χ2v) is 8.94. The van der Waals surface area contributed by atoms with E-state index in [9.17, 15) is 18.0 Å². The number of rotatable bonds is 5. The standard InChI is InChI=1S/C17H23ClN2O4S/c1-4-19(15-7-8-25(23,24)11-15)17(22)10-20(13(3)21)16-9-14(18)6-5-12(16)2/h5-6,9,15H,4,7-8,10-11H2,1-3H3. The molecule has 1 saturated heterocycles. The Kier molecular flexibility index (Phi) is 6.11. The van der Waals surface area contributed by atoms with Crippen LogP contribution in [0.3, 0.4) is 0 Å². The lowest BCUT2D eigenvalue weighted by Crippen LogP contribution is -2.47. The van der Waals surface area contributed by atoms with Gasteiger partial charge in [-0.3, -0.25) is 9.59 Å². The highest BCUT2D eigenvalue weighted by molar-refractivity contribution is 7.91. The normalized spacial score (nSPS) is 18.8. The molecule has 8 heteroatoms. The van der Waals surface area contributed by atoms with Crippen molar-refractivity contribution in [2.24, 2.45) is 0 Å². The van der Waals surface area contributed by atoms with Gasteiger partial charge < -0.3 is 9.80 Å². The quantitative estimate of drug-likeness (QED) is 0.776. The molecule has 1 unspecified atom stereocenters. The molecule has 2 amide bonds. The highest BCUT2D eigenvalue weighted by Gasteiger charge is 2.34. The minimum Gasteiger partial charge on any atom is -0.337 e. The zero-order valence-corrected chi connectivity index (χ0v) is 16.2. The van der Waals surface area contributed by atoms with Crippen molar-refractivity contribution in [2.45, 2.75) is 33.2 Å². The number of nitrogens with zero attached hydrogens (tertiary/aromatic N) is 2. The summed E-state index contributed by atoms with van der Waals surface area (Å²) in [7, 11) is -3.09. The summed E-state index contributed by atoms with van der Waals surface area (Å²) in [4.78, 5) is 27.8. The summed E-state index contributed by atoms with van der Waals surface area (Å²) in [5, 5.41) is 0.480. The van der Waals surface area contributed by atoms with E-state index >= 15 is 0 Å². The lowest BCUT2D eigenvalue weighted by Gasteiger charge is -2.30. The SMILES string of the molecule is CCN(C(=O)CN(C(C)=O)c1cc(Cl)ccc1C)C1CCS(=O)(=O)C1. The van der Waals surface area contributed by atoms with Crippen molar-refractivity contribution >= 4 is 38.9 Å². The van der Waals surface area contributed by atoms with Crippen LogP contribution in [0.2, 0.25) is 5.02 Å². The van der Waals surface area contributed by atoms with Crippen molar-refractivity contribution in [1.29, 1.82) is 0 Å². The van der Waals surface area contributed by atoms with Gasteiger partial charge in [-0.2, -0.15) is 0 Å². The van der Waals surface area contributed by atoms with Crippen LogP contribution >= 0.6 is 11.6 Å². The van der Waals surface area contributed by atoms with Crippen LogP contribution in [0.15, 0.2) is 18.2 Å². The molecule has 1 aliphatic rings. The number of aryl methyl sites for hydroxylation is 1. The van der Waals surface area contributed by atoms with Crippen molar-refractivity contribution in [1.82, 2.24) is 4.90 Å². The van der Waals surface area contributed by atoms with E-state index in [1.54, 1.807) is 23.1 Å². The Bertz CT molecular complexity index is 779. The van der Waals surface area contributed by atoms with Crippen LogP contribution in [0.1, 0.15) is 25.8 Å². The van der Waals surface area contributed by atoms with E-state index in [-0.39, 0.29) is 35.9 Å². The maximum absolute atomic E-state index is 12.8. The first-order valence-electron chi connectivity index (χ1n) is 8.18. The number of hydrogen-bond acceptors (Lipinski definition) is 4. The zero-order chi connectivity index (χ0) is 18.8. The fourth-order valence-electron chi connectivity index (χ4n) is 3.12. The van der Waals surface area contributed by atoms with Crippen LogP contribution in [0, 0.1) is 6.92 Å². The lowest BCUT2D eigenvalue weighted by molar-refractivity contribution is -0.132. The molecule has 0 saturated carbocycles. The van der Waals surface area contributed by atoms with Gasteiger partial charge in [-0.25, -0.2) is 8.42 Å². The van der Waals surface area contributed by atoms with Crippen LogP contribution in [0.25, 0.3) is 0 Å². The topological polar surface area (TPSA) is 74.8 Å². The smallest absolute Gasteiger partial charge is 0.242 e. The number of carbonyl (C=O) groups excluding carboxylic acids is 2. The Hall–Kier alpha value is -1.60. The van der Waals surface area contributed by atoms with E-state index in [4.69, 9.17) is 11.6 Å². The molecule has 1 heterocycles. The number of benzene rings is 1. The predicted molar refractivity (Wildman–Crippen MR) is 98.7 cm³/mol. The summed E-state index contributed by atoms with van der Waals surface area (Å²) >= 11 is 6.03. The van der Waals surface area contributed by atoms with Crippen LogP contribution in [-0.2, 0) is 19.4 Å². The van der Waals surface area contributed by atoms with E-state index in [0.29, 0.717) is 23.7 Å². The molecule has 0 radical (unpaired) electrons. The second-order valence-electron chi connectivity index (χ2n) is 6.27. The molecule has 2 rings (SSSR count). The van der Waals surface area contributed by atoms with Crippen molar-refractivity contribution in [3.63, 3.8) is 0 Å². The number of likely N-dealkylation sites (N-methyl/N-ethyl adjacent to an activating group) is 1. The number of hydrogen-bond donors (Lipinski definition) is 0. The van der Waals surface area contributed by atoms with Gasteiger partial charge in [0.2, 0.25) is 11.8 Å². The van der Waals surface area contributed by atoms with Crippen LogP contribution in [0.5, 0.6) is 0 Å². The van der Waals surface area contributed by atoms with Gasteiger partial charge in [-0.15, -0.1) is 0 Å². The number of halogens is 1. The maximum atomic E-state index is 12.8. The first kappa shape index (κ1) is 19.7. The fraction of sp³-hybridized carbons (Fsp3) is 0.529. The number of carbonyl (C=O) groups is 2. The molecule has 25 heavy (non-hydrogen) atoms.